The minimum atomic E-state index is -0.717. The molecule has 5 nitrogen and oxygen atoms in total. The number of nitrogens with two attached hydrogens (primary N) is 1. The van der Waals surface area contributed by atoms with E-state index in [9.17, 15) is 4.79 Å². The molecule has 0 atom stereocenters. The van der Waals surface area contributed by atoms with E-state index in [0.29, 0.717) is 0 Å². The molecule has 116 valence electrons. The van der Waals surface area contributed by atoms with Crippen molar-refractivity contribution < 1.29 is 4.79 Å². The third-order valence-electron chi connectivity index (χ3n) is 4.07. The molecule has 2 aromatic rings. The number of hydrogen-bond donors (Lipinski definition) is 1. The maximum atomic E-state index is 11.4. The van der Waals surface area contributed by atoms with Gasteiger partial charge in [0.2, 0.25) is 0 Å². The van der Waals surface area contributed by atoms with Crippen LogP contribution in [0.5, 0.6) is 0 Å². The van der Waals surface area contributed by atoms with Crippen molar-refractivity contribution in [3.63, 3.8) is 0 Å². The Bertz CT molecular complexity index is 813. The number of nitriles is 1. The number of rotatable bonds is 3. The molecule has 0 aliphatic carbocycles. The van der Waals surface area contributed by atoms with Crippen LogP contribution in [-0.4, -0.2) is 24.0 Å². The number of piperidine rings is 1. The molecule has 0 spiro atoms. The van der Waals surface area contributed by atoms with Crippen LogP contribution < -0.4 is 10.6 Å². The number of anilines is 1. The molecule has 0 bridgehead atoms. The summed E-state index contributed by atoms with van der Waals surface area (Å²) in [5.41, 5.74) is 6.89. The van der Waals surface area contributed by atoms with Gasteiger partial charge < -0.3 is 10.6 Å². The first kappa shape index (κ1) is 15.0. The number of para-hydroxylation sites is 1. The van der Waals surface area contributed by atoms with Crippen molar-refractivity contribution >= 4 is 28.7 Å². The second-order valence-corrected chi connectivity index (χ2v) is 5.68. The Morgan fingerprint density at radius 3 is 2.70 bits per heavy atom. The zero-order valence-electron chi connectivity index (χ0n) is 12.8. The van der Waals surface area contributed by atoms with Gasteiger partial charge in [0, 0.05) is 24.0 Å². The first-order valence-electron chi connectivity index (χ1n) is 7.75. The molecule has 2 N–H and O–H groups in total. The number of carbonyl (C=O) groups is 1. The number of primary amides is 1. The van der Waals surface area contributed by atoms with Crippen molar-refractivity contribution in [2.45, 2.75) is 19.3 Å². The largest absolute Gasteiger partial charge is 0.365 e. The SMILES string of the molecule is N#C/C(=C\c1cc2ccccc2nc1N1CCCCC1)C(N)=O. The summed E-state index contributed by atoms with van der Waals surface area (Å²) < 4.78 is 0. The highest BCUT2D eigenvalue weighted by Gasteiger charge is 2.17. The summed E-state index contributed by atoms with van der Waals surface area (Å²) in [5.74, 6) is 0.0997. The molecule has 3 rings (SSSR count). The fraction of sp³-hybridized carbons (Fsp3) is 0.278. The van der Waals surface area contributed by atoms with Gasteiger partial charge in [-0.15, -0.1) is 0 Å². The number of aromatic nitrogens is 1. The van der Waals surface area contributed by atoms with Crippen LogP contribution in [-0.2, 0) is 4.79 Å². The fourth-order valence-corrected chi connectivity index (χ4v) is 2.90. The molecule has 1 aromatic heterocycles. The topological polar surface area (TPSA) is 83.0 Å². The molecule has 5 heteroatoms. The van der Waals surface area contributed by atoms with Crippen LogP contribution >= 0.6 is 0 Å². The van der Waals surface area contributed by atoms with E-state index in [1.165, 1.54) is 6.42 Å². The highest BCUT2D eigenvalue weighted by molar-refractivity contribution is 6.01. The van der Waals surface area contributed by atoms with Crippen LogP contribution in [0.25, 0.3) is 17.0 Å². The van der Waals surface area contributed by atoms with Gasteiger partial charge in [0.1, 0.15) is 17.5 Å². The Morgan fingerprint density at radius 1 is 1.26 bits per heavy atom. The lowest BCUT2D eigenvalue weighted by Gasteiger charge is -2.29. The second-order valence-electron chi connectivity index (χ2n) is 5.68. The summed E-state index contributed by atoms with van der Waals surface area (Å²) in [4.78, 5) is 18.4. The van der Waals surface area contributed by atoms with E-state index >= 15 is 0 Å². The van der Waals surface area contributed by atoms with Gasteiger partial charge in [-0.1, -0.05) is 18.2 Å². The molecule has 1 amide bonds. The lowest BCUT2D eigenvalue weighted by molar-refractivity contribution is -0.114. The van der Waals surface area contributed by atoms with Crippen molar-refractivity contribution in [2.24, 2.45) is 5.73 Å². The monoisotopic (exact) mass is 306 g/mol. The van der Waals surface area contributed by atoms with Crippen molar-refractivity contribution in [3.05, 3.63) is 41.5 Å². The van der Waals surface area contributed by atoms with Crippen LogP contribution in [0.1, 0.15) is 24.8 Å². The number of amides is 1. The normalized spacial score (nSPS) is 15.4. The zero-order valence-corrected chi connectivity index (χ0v) is 12.8. The number of fused-ring (bicyclic) bond motifs is 1. The molecule has 0 saturated carbocycles. The Hall–Kier alpha value is -2.87. The van der Waals surface area contributed by atoms with Gasteiger partial charge in [-0.05, 0) is 37.5 Å². The highest BCUT2D eigenvalue weighted by atomic mass is 16.1. The summed E-state index contributed by atoms with van der Waals surface area (Å²) >= 11 is 0. The molecule has 1 aromatic carbocycles. The second kappa shape index (κ2) is 6.49. The molecule has 1 aliphatic heterocycles. The van der Waals surface area contributed by atoms with Crippen molar-refractivity contribution in [3.8, 4) is 6.07 Å². The summed E-state index contributed by atoms with van der Waals surface area (Å²) in [6.45, 7) is 1.87. The van der Waals surface area contributed by atoms with E-state index in [0.717, 1.165) is 48.2 Å². The number of pyridine rings is 1. The smallest absolute Gasteiger partial charge is 0.259 e. The standard InChI is InChI=1S/C18H18N4O/c19-12-15(17(20)23)11-14-10-13-6-2-3-7-16(13)21-18(14)22-8-4-1-5-9-22/h2-3,6-7,10-11H,1,4-5,8-9H2,(H2,20,23)/b15-11+. The van der Waals surface area contributed by atoms with Crippen molar-refractivity contribution in [1.82, 2.24) is 4.98 Å². The van der Waals surface area contributed by atoms with Crippen molar-refractivity contribution in [1.29, 1.82) is 5.26 Å². The lowest BCUT2D eigenvalue weighted by atomic mass is 10.1. The van der Waals surface area contributed by atoms with Gasteiger partial charge in [-0.25, -0.2) is 4.98 Å². The third kappa shape index (κ3) is 3.16. The van der Waals surface area contributed by atoms with Crippen molar-refractivity contribution in [2.75, 3.05) is 18.0 Å². The van der Waals surface area contributed by atoms with Gasteiger partial charge in [-0.2, -0.15) is 5.26 Å². The van der Waals surface area contributed by atoms with E-state index < -0.39 is 5.91 Å². The minimum Gasteiger partial charge on any atom is -0.365 e. The number of benzene rings is 1. The predicted octanol–water partition coefficient (Wildman–Crippen LogP) is 2.62. The first-order valence-corrected chi connectivity index (χ1v) is 7.75. The van der Waals surface area contributed by atoms with Crippen LogP contribution in [0.4, 0.5) is 5.82 Å². The molecule has 2 heterocycles. The molecular weight excluding hydrogens is 288 g/mol. The van der Waals surface area contributed by atoms with Gasteiger partial charge >= 0.3 is 0 Å². The van der Waals surface area contributed by atoms with E-state index in [2.05, 4.69) is 4.90 Å². The fourth-order valence-electron chi connectivity index (χ4n) is 2.90. The van der Waals surface area contributed by atoms with Gasteiger partial charge in [-0.3, -0.25) is 4.79 Å². The predicted molar refractivity (Wildman–Crippen MR) is 90.6 cm³/mol. The van der Waals surface area contributed by atoms with Gasteiger partial charge in [0.15, 0.2) is 0 Å². The number of hydrogen-bond acceptors (Lipinski definition) is 4. The Morgan fingerprint density at radius 2 is 2.00 bits per heavy atom. The van der Waals surface area contributed by atoms with E-state index in [1.54, 1.807) is 6.08 Å². The van der Waals surface area contributed by atoms with Gasteiger partial charge in [0.25, 0.3) is 5.91 Å². The number of nitrogens with zero attached hydrogens (tertiary/aromatic N) is 3. The minimum absolute atomic E-state index is 0.0552. The first-order chi connectivity index (χ1) is 11.2. The molecular formula is C18H18N4O. The Kier molecular flexibility index (Phi) is 4.24. The van der Waals surface area contributed by atoms with Crippen LogP contribution in [0.15, 0.2) is 35.9 Å². The Balaban J connectivity index is 2.16. The molecule has 1 saturated heterocycles. The van der Waals surface area contributed by atoms with E-state index in [1.807, 2.05) is 36.4 Å². The molecule has 23 heavy (non-hydrogen) atoms. The van der Waals surface area contributed by atoms with Crippen LogP contribution in [0.3, 0.4) is 0 Å². The highest BCUT2D eigenvalue weighted by Crippen LogP contribution is 2.27. The number of carbonyl (C=O) groups excluding carboxylic acids is 1. The average Bonchev–Trinajstić information content (AvgIpc) is 2.59. The zero-order chi connectivity index (χ0) is 16.2. The maximum absolute atomic E-state index is 11.4. The maximum Gasteiger partial charge on any atom is 0.259 e. The quantitative estimate of drug-likeness (QED) is 0.698. The molecule has 0 radical (unpaired) electrons. The third-order valence-corrected chi connectivity index (χ3v) is 4.07. The summed E-state index contributed by atoms with van der Waals surface area (Å²) in [5, 5.41) is 10.1. The molecule has 1 aliphatic rings. The van der Waals surface area contributed by atoms with Crippen LogP contribution in [0, 0.1) is 11.3 Å². The molecule has 0 unspecified atom stereocenters. The summed E-state index contributed by atoms with van der Waals surface area (Å²) in [7, 11) is 0. The van der Waals surface area contributed by atoms with E-state index in [4.69, 9.17) is 16.0 Å². The Labute approximate surface area is 135 Å². The van der Waals surface area contributed by atoms with Gasteiger partial charge in [0.05, 0.1) is 5.52 Å². The van der Waals surface area contributed by atoms with E-state index in [-0.39, 0.29) is 5.57 Å². The lowest BCUT2D eigenvalue weighted by Crippen LogP contribution is -2.30. The molecule has 1 fully saturated rings. The summed E-state index contributed by atoms with van der Waals surface area (Å²) in [6.07, 6.45) is 5.02. The van der Waals surface area contributed by atoms with Crippen LogP contribution in [0.2, 0.25) is 0 Å². The average molecular weight is 306 g/mol. The summed E-state index contributed by atoms with van der Waals surface area (Å²) in [6, 6.07) is 11.7.